The largest absolute Gasteiger partial charge is 0.393 e. The second-order valence-electron chi connectivity index (χ2n) is 5.31. The molecule has 1 rings (SSSR count). The molecule has 0 aromatic carbocycles. The predicted molar refractivity (Wildman–Crippen MR) is 74.6 cm³/mol. The quantitative estimate of drug-likeness (QED) is 0.752. The summed E-state index contributed by atoms with van der Waals surface area (Å²) in [5, 5.41) is 0. The lowest BCUT2D eigenvalue weighted by Gasteiger charge is -2.41. The minimum Gasteiger partial charge on any atom is -0.393 e. The standard InChI is InChI=1S/C13H26N2S/c1-4-13(5-2)6-8-15(9-7-13)10-11(3)12(14)16/h11H,4-10H2,1-3H3,(H2,14,16). The Morgan fingerprint density at radius 2 is 1.81 bits per heavy atom. The lowest BCUT2D eigenvalue weighted by Crippen LogP contribution is -2.43. The van der Waals surface area contributed by atoms with Crippen LogP contribution in [-0.4, -0.2) is 29.5 Å². The van der Waals surface area contributed by atoms with Crippen molar-refractivity contribution in [1.29, 1.82) is 0 Å². The summed E-state index contributed by atoms with van der Waals surface area (Å²) in [6.45, 7) is 10.3. The SMILES string of the molecule is CCC1(CC)CCN(CC(C)C(N)=S)CC1. The van der Waals surface area contributed by atoms with E-state index >= 15 is 0 Å². The zero-order chi connectivity index (χ0) is 12.2. The van der Waals surface area contributed by atoms with Gasteiger partial charge in [-0.05, 0) is 31.3 Å². The van der Waals surface area contributed by atoms with Crippen LogP contribution in [-0.2, 0) is 0 Å². The molecular formula is C13H26N2S. The Morgan fingerprint density at radius 3 is 2.19 bits per heavy atom. The molecule has 1 aliphatic heterocycles. The van der Waals surface area contributed by atoms with Crippen molar-refractivity contribution >= 4 is 17.2 Å². The van der Waals surface area contributed by atoms with Crippen molar-refractivity contribution in [3.63, 3.8) is 0 Å². The van der Waals surface area contributed by atoms with E-state index < -0.39 is 0 Å². The van der Waals surface area contributed by atoms with Crippen LogP contribution in [0.4, 0.5) is 0 Å². The van der Waals surface area contributed by atoms with Crippen LogP contribution in [0, 0.1) is 11.3 Å². The first-order valence-corrected chi connectivity index (χ1v) is 6.95. The van der Waals surface area contributed by atoms with Gasteiger partial charge in [0.25, 0.3) is 0 Å². The number of thiocarbonyl (C=S) groups is 1. The summed E-state index contributed by atoms with van der Waals surface area (Å²) >= 11 is 5.03. The molecule has 0 amide bonds. The molecule has 3 heteroatoms. The van der Waals surface area contributed by atoms with Crippen molar-refractivity contribution in [3.05, 3.63) is 0 Å². The monoisotopic (exact) mass is 242 g/mol. The molecule has 1 fully saturated rings. The number of nitrogens with two attached hydrogens (primary N) is 1. The molecule has 1 unspecified atom stereocenters. The van der Waals surface area contributed by atoms with Crippen LogP contribution in [0.25, 0.3) is 0 Å². The van der Waals surface area contributed by atoms with E-state index in [-0.39, 0.29) is 0 Å². The van der Waals surface area contributed by atoms with Gasteiger partial charge in [-0.15, -0.1) is 0 Å². The molecule has 1 atom stereocenters. The average Bonchev–Trinajstić information content (AvgIpc) is 2.30. The predicted octanol–water partition coefficient (Wildman–Crippen LogP) is 2.81. The lowest BCUT2D eigenvalue weighted by atomic mass is 9.74. The molecule has 0 radical (unpaired) electrons. The second-order valence-corrected chi connectivity index (χ2v) is 5.78. The number of rotatable bonds is 5. The Morgan fingerprint density at radius 1 is 1.31 bits per heavy atom. The lowest BCUT2D eigenvalue weighted by molar-refractivity contribution is 0.0915. The Hall–Kier alpha value is -0.150. The zero-order valence-corrected chi connectivity index (χ0v) is 11.8. The van der Waals surface area contributed by atoms with Crippen LogP contribution in [0.1, 0.15) is 46.5 Å². The minimum atomic E-state index is 0.353. The molecule has 0 bridgehead atoms. The van der Waals surface area contributed by atoms with E-state index in [1.54, 1.807) is 0 Å². The van der Waals surface area contributed by atoms with Crippen molar-refractivity contribution in [2.75, 3.05) is 19.6 Å². The van der Waals surface area contributed by atoms with Gasteiger partial charge >= 0.3 is 0 Å². The average molecular weight is 242 g/mol. The maximum absolute atomic E-state index is 5.66. The van der Waals surface area contributed by atoms with Gasteiger partial charge in [-0.25, -0.2) is 0 Å². The van der Waals surface area contributed by atoms with Crippen molar-refractivity contribution in [1.82, 2.24) is 4.90 Å². The number of nitrogens with zero attached hydrogens (tertiary/aromatic N) is 1. The van der Waals surface area contributed by atoms with Gasteiger partial charge in [0.15, 0.2) is 0 Å². The number of hydrogen-bond donors (Lipinski definition) is 1. The van der Waals surface area contributed by atoms with Gasteiger partial charge in [-0.1, -0.05) is 45.8 Å². The number of piperidine rings is 1. The van der Waals surface area contributed by atoms with Gasteiger partial charge in [0.1, 0.15) is 0 Å². The smallest absolute Gasteiger partial charge is 0.0768 e. The van der Waals surface area contributed by atoms with Crippen LogP contribution in [0.5, 0.6) is 0 Å². The second kappa shape index (κ2) is 5.97. The van der Waals surface area contributed by atoms with Crippen LogP contribution in [0.15, 0.2) is 0 Å². The number of hydrogen-bond acceptors (Lipinski definition) is 2. The summed E-state index contributed by atoms with van der Waals surface area (Å²) in [6.07, 6.45) is 5.32. The van der Waals surface area contributed by atoms with Crippen LogP contribution >= 0.6 is 12.2 Å². The molecule has 0 aromatic heterocycles. The van der Waals surface area contributed by atoms with Gasteiger partial charge in [-0.3, -0.25) is 0 Å². The molecule has 2 nitrogen and oxygen atoms in total. The summed E-state index contributed by atoms with van der Waals surface area (Å²) in [7, 11) is 0. The maximum atomic E-state index is 5.66. The van der Waals surface area contributed by atoms with E-state index in [4.69, 9.17) is 18.0 Å². The molecule has 0 spiro atoms. The minimum absolute atomic E-state index is 0.353. The summed E-state index contributed by atoms with van der Waals surface area (Å²) in [4.78, 5) is 3.18. The van der Waals surface area contributed by atoms with Gasteiger partial charge in [0.2, 0.25) is 0 Å². The first-order valence-electron chi connectivity index (χ1n) is 6.54. The molecule has 94 valence electrons. The van der Waals surface area contributed by atoms with Gasteiger partial charge < -0.3 is 10.6 Å². The first kappa shape index (κ1) is 13.9. The summed E-state index contributed by atoms with van der Waals surface area (Å²) in [5.41, 5.74) is 6.28. The summed E-state index contributed by atoms with van der Waals surface area (Å²) < 4.78 is 0. The Kier molecular flexibility index (Phi) is 5.19. The molecule has 1 heterocycles. The summed E-state index contributed by atoms with van der Waals surface area (Å²) in [5.74, 6) is 0.353. The molecular weight excluding hydrogens is 216 g/mol. The highest BCUT2D eigenvalue weighted by atomic mass is 32.1. The molecule has 1 saturated heterocycles. The molecule has 0 aromatic rings. The van der Waals surface area contributed by atoms with Gasteiger partial charge in [-0.2, -0.15) is 0 Å². The van der Waals surface area contributed by atoms with E-state index in [0.717, 1.165) is 6.54 Å². The highest BCUT2D eigenvalue weighted by Gasteiger charge is 2.31. The normalized spacial score (nSPS) is 22.9. The fourth-order valence-corrected chi connectivity index (χ4v) is 2.72. The molecule has 0 saturated carbocycles. The Labute approximate surface area is 106 Å². The zero-order valence-electron chi connectivity index (χ0n) is 11.0. The third-order valence-corrected chi connectivity index (χ3v) is 4.84. The third kappa shape index (κ3) is 3.42. The Balaban J connectivity index is 2.40. The highest BCUT2D eigenvalue weighted by Crippen LogP contribution is 2.37. The van der Waals surface area contributed by atoms with Crippen molar-refractivity contribution in [2.24, 2.45) is 17.1 Å². The van der Waals surface area contributed by atoms with Crippen molar-refractivity contribution in [3.8, 4) is 0 Å². The summed E-state index contributed by atoms with van der Waals surface area (Å²) in [6, 6.07) is 0. The fraction of sp³-hybridized carbons (Fsp3) is 0.923. The van der Waals surface area contributed by atoms with Crippen LogP contribution in [0.3, 0.4) is 0 Å². The van der Waals surface area contributed by atoms with Gasteiger partial charge in [0.05, 0.1) is 4.99 Å². The third-order valence-electron chi connectivity index (χ3n) is 4.43. The van der Waals surface area contributed by atoms with Crippen molar-refractivity contribution in [2.45, 2.75) is 46.5 Å². The van der Waals surface area contributed by atoms with Crippen LogP contribution < -0.4 is 5.73 Å². The van der Waals surface area contributed by atoms with E-state index in [2.05, 4.69) is 25.7 Å². The number of likely N-dealkylation sites (tertiary alicyclic amines) is 1. The maximum Gasteiger partial charge on any atom is 0.0768 e. The molecule has 0 aliphatic carbocycles. The van der Waals surface area contributed by atoms with E-state index in [0.29, 0.717) is 16.3 Å². The molecule has 16 heavy (non-hydrogen) atoms. The van der Waals surface area contributed by atoms with E-state index in [9.17, 15) is 0 Å². The Bertz CT molecular complexity index is 226. The van der Waals surface area contributed by atoms with Gasteiger partial charge in [0, 0.05) is 12.5 Å². The van der Waals surface area contributed by atoms with E-state index in [1.807, 2.05) is 0 Å². The molecule has 2 N–H and O–H groups in total. The molecule has 1 aliphatic rings. The van der Waals surface area contributed by atoms with Crippen molar-refractivity contribution < 1.29 is 0 Å². The first-order chi connectivity index (χ1) is 7.53. The van der Waals surface area contributed by atoms with Crippen LogP contribution in [0.2, 0.25) is 0 Å². The highest BCUT2D eigenvalue weighted by molar-refractivity contribution is 7.80. The van der Waals surface area contributed by atoms with E-state index in [1.165, 1.54) is 38.8 Å². The fourth-order valence-electron chi connectivity index (χ4n) is 2.64. The topological polar surface area (TPSA) is 29.3 Å².